The summed E-state index contributed by atoms with van der Waals surface area (Å²) < 4.78 is 93.5. The molecular weight excluding hydrogens is 633 g/mol. The van der Waals surface area contributed by atoms with Crippen LogP contribution in [0.5, 0.6) is 0 Å². The standard InChI is InChI=1S/3C7H8O3S.Ce/c3*1-6-2-4-7(5-3-6)11(8,9)10;/h3*2-5H,1H3,(H,8,9,10);/q;;;+3/p-3. The van der Waals surface area contributed by atoms with Gasteiger partial charge < -0.3 is 13.7 Å². The van der Waals surface area contributed by atoms with E-state index in [1.807, 2.05) is 20.8 Å². The van der Waals surface area contributed by atoms with Crippen LogP contribution in [-0.4, -0.2) is 38.9 Å². The Labute approximate surface area is 233 Å². The third kappa shape index (κ3) is 12.5. The van der Waals surface area contributed by atoms with Crippen molar-refractivity contribution in [1.82, 2.24) is 0 Å². The third-order valence-corrected chi connectivity index (χ3v) is 6.48. The molecule has 3 aromatic rings. The van der Waals surface area contributed by atoms with E-state index in [4.69, 9.17) is 0 Å². The fourth-order valence-electron chi connectivity index (χ4n) is 2.11. The molecule has 3 rings (SSSR count). The molecule has 0 aliphatic rings. The van der Waals surface area contributed by atoms with Crippen molar-refractivity contribution in [3.05, 3.63) is 89.5 Å². The van der Waals surface area contributed by atoms with E-state index in [0.29, 0.717) is 0 Å². The van der Waals surface area contributed by atoms with Crippen molar-refractivity contribution < 1.29 is 80.7 Å². The SMILES string of the molecule is Cc1ccc(S(=O)(=O)[O-])cc1.Cc1ccc(S(=O)(=O)[O-])cc1.Cc1ccc(S(=O)(=O)[O-])cc1.[Ce+3]. The van der Waals surface area contributed by atoms with Gasteiger partial charge in [0.1, 0.15) is 30.4 Å². The zero-order valence-corrected chi connectivity index (χ0v) is 23.9. The molecule has 0 atom stereocenters. The molecule has 0 saturated carbocycles. The first-order chi connectivity index (χ1) is 15.0. The number of benzene rings is 3. The van der Waals surface area contributed by atoms with Gasteiger partial charge in [0, 0.05) is 0 Å². The monoisotopic (exact) mass is 653 g/mol. The second-order valence-electron chi connectivity index (χ2n) is 6.80. The van der Waals surface area contributed by atoms with Crippen LogP contribution in [0.4, 0.5) is 0 Å². The summed E-state index contributed by atoms with van der Waals surface area (Å²) in [5.41, 5.74) is 2.78. The Bertz CT molecular complexity index is 1190. The molecule has 3 aromatic carbocycles. The fourth-order valence-corrected chi connectivity index (χ4v) is 3.52. The predicted molar refractivity (Wildman–Crippen MR) is 117 cm³/mol. The molecule has 0 saturated heterocycles. The molecule has 0 amide bonds. The molecule has 0 heterocycles. The molecular formula is C21H21CeO9S3. The fraction of sp³-hybridized carbons (Fsp3) is 0.143. The average Bonchev–Trinajstić information content (AvgIpc) is 2.68. The number of hydrogen-bond acceptors (Lipinski definition) is 9. The summed E-state index contributed by atoms with van der Waals surface area (Å²) in [7, 11) is -12.8. The van der Waals surface area contributed by atoms with Crippen LogP contribution in [0, 0.1) is 62.5 Å². The van der Waals surface area contributed by atoms with Gasteiger partial charge in [-0.1, -0.05) is 53.1 Å². The van der Waals surface area contributed by atoms with Gasteiger partial charge in [-0.05, 0) is 57.2 Å². The summed E-state index contributed by atoms with van der Waals surface area (Å²) in [4.78, 5) is -0.533. The topological polar surface area (TPSA) is 172 Å². The van der Waals surface area contributed by atoms with Crippen LogP contribution in [-0.2, 0) is 30.4 Å². The van der Waals surface area contributed by atoms with Crippen molar-refractivity contribution in [2.75, 3.05) is 0 Å². The second-order valence-corrected chi connectivity index (χ2v) is 10.9. The van der Waals surface area contributed by atoms with Gasteiger partial charge in [0.15, 0.2) is 0 Å². The maximum Gasteiger partial charge on any atom is 3.00 e. The van der Waals surface area contributed by atoms with Gasteiger partial charge in [-0.15, -0.1) is 0 Å². The summed E-state index contributed by atoms with van der Waals surface area (Å²) in [5.74, 6) is 0. The molecule has 0 aromatic heterocycles. The minimum atomic E-state index is -4.27. The number of hydrogen-bond donors (Lipinski definition) is 0. The van der Waals surface area contributed by atoms with Crippen LogP contribution < -0.4 is 0 Å². The smallest absolute Gasteiger partial charge is 0.744 e. The van der Waals surface area contributed by atoms with Gasteiger partial charge in [-0.25, -0.2) is 25.3 Å². The Kier molecular flexibility index (Phi) is 13.2. The summed E-state index contributed by atoms with van der Waals surface area (Å²) in [6, 6.07) is 17.3. The van der Waals surface area contributed by atoms with Crippen LogP contribution in [0.2, 0.25) is 0 Å². The van der Waals surface area contributed by atoms with Gasteiger partial charge in [0.05, 0.1) is 14.7 Å². The van der Waals surface area contributed by atoms with Crippen molar-refractivity contribution in [3.8, 4) is 0 Å². The van der Waals surface area contributed by atoms with Crippen LogP contribution in [0.25, 0.3) is 0 Å². The minimum absolute atomic E-state index is 0. The molecule has 0 aliphatic carbocycles. The van der Waals surface area contributed by atoms with Crippen LogP contribution >= 0.6 is 0 Å². The molecule has 0 aliphatic heterocycles. The van der Waals surface area contributed by atoms with Gasteiger partial charge in [-0.3, -0.25) is 0 Å². The van der Waals surface area contributed by atoms with Crippen molar-refractivity contribution in [1.29, 1.82) is 0 Å². The molecule has 9 nitrogen and oxygen atoms in total. The normalized spacial score (nSPS) is 11.1. The zero-order chi connectivity index (χ0) is 25.4. The summed E-state index contributed by atoms with van der Waals surface area (Å²) >= 11 is 0. The molecule has 0 fully saturated rings. The van der Waals surface area contributed by atoms with Crippen molar-refractivity contribution in [2.45, 2.75) is 35.5 Å². The van der Waals surface area contributed by atoms with E-state index in [2.05, 4.69) is 0 Å². The Balaban J connectivity index is 0.000000473. The number of rotatable bonds is 3. The zero-order valence-electron chi connectivity index (χ0n) is 18.3. The average molecular weight is 654 g/mol. The largest absolute Gasteiger partial charge is 3.00 e. The van der Waals surface area contributed by atoms with E-state index >= 15 is 0 Å². The van der Waals surface area contributed by atoms with Crippen LogP contribution in [0.3, 0.4) is 0 Å². The first-order valence-electron chi connectivity index (χ1n) is 9.08. The minimum Gasteiger partial charge on any atom is -0.744 e. The van der Waals surface area contributed by atoms with E-state index in [1.165, 1.54) is 36.4 Å². The van der Waals surface area contributed by atoms with Gasteiger partial charge in [-0.2, -0.15) is 0 Å². The molecule has 0 unspecified atom stereocenters. The summed E-state index contributed by atoms with van der Waals surface area (Å²) in [5, 5.41) is 0. The molecule has 0 N–H and O–H groups in total. The Morgan fingerprint density at radius 3 is 0.676 bits per heavy atom. The molecule has 0 bridgehead atoms. The van der Waals surface area contributed by atoms with E-state index in [9.17, 15) is 38.9 Å². The first kappa shape index (κ1) is 32.8. The maximum atomic E-state index is 10.4. The van der Waals surface area contributed by atoms with Crippen molar-refractivity contribution in [3.63, 3.8) is 0 Å². The van der Waals surface area contributed by atoms with Gasteiger partial charge in [0.25, 0.3) is 0 Å². The van der Waals surface area contributed by atoms with Crippen LogP contribution in [0.1, 0.15) is 16.7 Å². The second kappa shape index (κ2) is 13.7. The van der Waals surface area contributed by atoms with Gasteiger partial charge in [0.2, 0.25) is 0 Å². The molecule has 34 heavy (non-hydrogen) atoms. The van der Waals surface area contributed by atoms with E-state index in [1.54, 1.807) is 36.4 Å². The van der Waals surface area contributed by atoms with E-state index in [0.717, 1.165) is 16.7 Å². The van der Waals surface area contributed by atoms with E-state index in [-0.39, 0.29) is 56.4 Å². The molecule has 0 spiro atoms. The van der Waals surface area contributed by atoms with Crippen LogP contribution in [0.15, 0.2) is 87.5 Å². The number of aryl methyl sites for hydroxylation is 3. The van der Waals surface area contributed by atoms with Gasteiger partial charge >= 0.3 is 41.7 Å². The summed E-state index contributed by atoms with van der Waals surface area (Å²) in [6.07, 6.45) is 0. The molecule has 181 valence electrons. The quantitative estimate of drug-likeness (QED) is 0.386. The Morgan fingerprint density at radius 1 is 0.412 bits per heavy atom. The summed E-state index contributed by atoms with van der Waals surface area (Å²) in [6.45, 7) is 5.46. The maximum absolute atomic E-state index is 10.4. The molecule has 1 radical (unpaired) electrons. The first-order valence-corrected chi connectivity index (χ1v) is 13.3. The Morgan fingerprint density at radius 2 is 0.559 bits per heavy atom. The third-order valence-electron chi connectivity index (χ3n) is 3.93. The van der Waals surface area contributed by atoms with E-state index < -0.39 is 30.4 Å². The molecule has 13 heteroatoms. The Hall–Kier alpha value is -1.23. The van der Waals surface area contributed by atoms with Crippen molar-refractivity contribution >= 4 is 30.4 Å². The predicted octanol–water partition coefficient (Wildman–Crippen LogP) is 2.70. The van der Waals surface area contributed by atoms with Crippen molar-refractivity contribution in [2.24, 2.45) is 0 Å².